The summed E-state index contributed by atoms with van der Waals surface area (Å²) >= 11 is 0. The number of fused-ring (bicyclic) bond motifs is 3. The molecule has 0 aliphatic heterocycles. The van der Waals surface area contributed by atoms with E-state index in [0.717, 1.165) is 22.3 Å². The fourth-order valence-corrected chi connectivity index (χ4v) is 4.25. The van der Waals surface area contributed by atoms with Crippen LogP contribution in [0, 0.1) is 0 Å². The zero-order valence-electron chi connectivity index (χ0n) is 20.0. The van der Waals surface area contributed by atoms with Gasteiger partial charge in [-0.15, -0.1) is 0 Å². The number of methoxy groups -OCH3 is 1. The lowest BCUT2D eigenvalue weighted by Gasteiger charge is -2.36. The van der Waals surface area contributed by atoms with Gasteiger partial charge in [0.15, 0.2) is 0 Å². The van der Waals surface area contributed by atoms with Gasteiger partial charge in [-0.1, -0.05) is 48.5 Å². The van der Waals surface area contributed by atoms with E-state index in [-0.39, 0.29) is 25.5 Å². The number of carbonyl (C=O) groups excluding carboxylic acids is 2. The molecule has 2 N–H and O–H groups in total. The maximum atomic E-state index is 12.9. The number of carboxylic acid groups (broad SMARTS) is 1. The first kappa shape index (κ1) is 25.2. The molecule has 0 spiro atoms. The zero-order chi connectivity index (χ0) is 24.9. The van der Waals surface area contributed by atoms with E-state index in [1.807, 2.05) is 36.4 Å². The highest BCUT2D eigenvalue weighted by atomic mass is 16.5. The number of benzene rings is 2. The second-order valence-corrected chi connectivity index (χ2v) is 9.25. The zero-order valence-corrected chi connectivity index (χ0v) is 20.0. The number of carboxylic acids is 1. The Morgan fingerprint density at radius 1 is 1.03 bits per heavy atom. The first-order valence-electron chi connectivity index (χ1n) is 11.3. The molecule has 1 aliphatic carbocycles. The topological polar surface area (TPSA) is 105 Å². The van der Waals surface area contributed by atoms with Gasteiger partial charge in [-0.3, -0.25) is 9.59 Å². The minimum atomic E-state index is -1.10. The van der Waals surface area contributed by atoms with Gasteiger partial charge in [0, 0.05) is 31.5 Å². The second-order valence-electron chi connectivity index (χ2n) is 9.25. The van der Waals surface area contributed by atoms with Crippen molar-refractivity contribution in [2.45, 2.75) is 44.8 Å². The molecule has 1 atom stereocenters. The molecule has 182 valence electrons. The van der Waals surface area contributed by atoms with Gasteiger partial charge in [0.25, 0.3) is 5.91 Å². The average Bonchev–Trinajstić information content (AvgIpc) is 3.11. The van der Waals surface area contributed by atoms with Crippen molar-refractivity contribution in [3.63, 3.8) is 0 Å². The van der Waals surface area contributed by atoms with Crippen molar-refractivity contribution in [2.24, 2.45) is 0 Å². The Kier molecular flexibility index (Phi) is 7.94. The Balaban J connectivity index is 1.54. The third-order valence-electron chi connectivity index (χ3n) is 5.95. The Labute approximate surface area is 199 Å². The highest BCUT2D eigenvalue weighted by molar-refractivity contribution is 5.85. The number of ether oxygens (including phenoxy) is 2. The van der Waals surface area contributed by atoms with Crippen LogP contribution in [0.2, 0.25) is 0 Å². The maximum Gasteiger partial charge on any atom is 0.407 e. The summed E-state index contributed by atoms with van der Waals surface area (Å²) < 4.78 is 10.8. The van der Waals surface area contributed by atoms with Gasteiger partial charge < -0.3 is 24.8 Å². The van der Waals surface area contributed by atoms with Gasteiger partial charge in [-0.2, -0.15) is 0 Å². The number of rotatable bonds is 9. The van der Waals surface area contributed by atoms with E-state index in [4.69, 9.17) is 14.6 Å². The summed E-state index contributed by atoms with van der Waals surface area (Å²) in [6.45, 7) is 5.19. The van der Waals surface area contributed by atoms with E-state index < -0.39 is 36.2 Å². The number of alkyl carbamates (subject to hydrolysis) is 1. The molecule has 0 aromatic heterocycles. The quantitative estimate of drug-likeness (QED) is 0.582. The number of carbonyl (C=O) groups is 3. The first-order valence-corrected chi connectivity index (χ1v) is 11.3. The lowest BCUT2D eigenvalue weighted by atomic mass is 9.98. The molecule has 2 aromatic carbocycles. The van der Waals surface area contributed by atoms with E-state index in [9.17, 15) is 14.4 Å². The van der Waals surface area contributed by atoms with Crippen molar-refractivity contribution in [3.05, 3.63) is 59.7 Å². The third kappa shape index (κ3) is 5.75. The van der Waals surface area contributed by atoms with Gasteiger partial charge in [0.1, 0.15) is 19.3 Å². The van der Waals surface area contributed by atoms with E-state index >= 15 is 0 Å². The van der Waals surface area contributed by atoms with Crippen LogP contribution in [0.25, 0.3) is 11.1 Å². The molecule has 2 amide bonds. The first-order chi connectivity index (χ1) is 16.1. The van der Waals surface area contributed by atoms with Crippen molar-refractivity contribution in [3.8, 4) is 11.1 Å². The lowest BCUT2D eigenvalue weighted by molar-refractivity contribution is -0.154. The van der Waals surface area contributed by atoms with Crippen LogP contribution in [-0.4, -0.2) is 66.4 Å². The largest absolute Gasteiger partial charge is 0.480 e. The average molecular weight is 469 g/mol. The molecule has 2 aromatic rings. The summed E-state index contributed by atoms with van der Waals surface area (Å²) in [6, 6.07) is 16.2. The number of hydrogen-bond donors (Lipinski definition) is 2. The summed E-state index contributed by atoms with van der Waals surface area (Å²) in [4.78, 5) is 37.7. The monoisotopic (exact) mass is 468 g/mol. The van der Waals surface area contributed by atoms with Crippen molar-refractivity contribution >= 4 is 18.0 Å². The van der Waals surface area contributed by atoms with Gasteiger partial charge in [-0.25, -0.2) is 4.79 Å². The van der Waals surface area contributed by atoms with Crippen molar-refractivity contribution in [2.75, 3.05) is 26.8 Å². The normalized spacial score (nSPS) is 13.5. The number of nitrogens with zero attached hydrogens (tertiary/aromatic N) is 1. The van der Waals surface area contributed by atoms with Crippen LogP contribution in [0.15, 0.2) is 48.5 Å². The number of nitrogens with one attached hydrogen (secondary N) is 1. The molecular weight excluding hydrogens is 436 g/mol. The summed E-state index contributed by atoms with van der Waals surface area (Å²) in [5.41, 5.74) is 3.87. The molecule has 0 saturated carbocycles. The van der Waals surface area contributed by atoms with Gasteiger partial charge in [0.2, 0.25) is 0 Å². The van der Waals surface area contributed by atoms with Crippen LogP contribution in [-0.2, 0) is 19.1 Å². The summed E-state index contributed by atoms with van der Waals surface area (Å²) in [7, 11) is 1.39. The molecule has 0 radical (unpaired) electrons. The van der Waals surface area contributed by atoms with Gasteiger partial charge >= 0.3 is 12.1 Å². The van der Waals surface area contributed by atoms with Gasteiger partial charge in [-0.05, 0) is 43.0 Å². The maximum absolute atomic E-state index is 12.9. The lowest BCUT2D eigenvalue weighted by Crippen LogP contribution is -2.52. The third-order valence-corrected chi connectivity index (χ3v) is 5.95. The van der Waals surface area contributed by atoms with Crippen LogP contribution in [0.4, 0.5) is 4.79 Å². The molecule has 1 unspecified atom stereocenters. The molecule has 8 heteroatoms. The van der Waals surface area contributed by atoms with Crippen molar-refractivity contribution < 1.29 is 29.0 Å². The molecule has 34 heavy (non-hydrogen) atoms. The van der Waals surface area contributed by atoms with E-state index in [0.29, 0.717) is 0 Å². The molecule has 0 fully saturated rings. The molecule has 8 nitrogen and oxygen atoms in total. The molecular formula is C26H32N2O6. The SMILES string of the molecule is COC(CCNC(=O)OCC1c2ccccc2-c2ccccc21)C(=O)N(CC(=O)O)C(C)(C)C. The Hall–Kier alpha value is -3.39. The predicted molar refractivity (Wildman–Crippen MR) is 128 cm³/mol. The minimum absolute atomic E-state index is 0.0391. The molecule has 3 rings (SSSR count). The van der Waals surface area contributed by atoms with E-state index in [1.165, 1.54) is 12.0 Å². The van der Waals surface area contributed by atoms with Crippen LogP contribution >= 0.6 is 0 Å². The second kappa shape index (κ2) is 10.7. The number of aliphatic carboxylic acids is 1. The van der Waals surface area contributed by atoms with Crippen LogP contribution in [0.5, 0.6) is 0 Å². The van der Waals surface area contributed by atoms with Crippen LogP contribution < -0.4 is 5.32 Å². The Bertz CT molecular complexity index is 1000. The standard InChI is InChI=1S/C26H32N2O6/c1-26(2,3)28(15-23(29)30)24(31)22(33-4)13-14-27-25(32)34-16-21-19-11-7-5-9-17(19)18-10-6-8-12-20(18)21/h5-12,21-22H,13-16H2,1-4H3,(H,27,32)(H,29,30). The smallest absolute Gasteiger partial charge is 0.407 e. The molecule has 0 bridgehead atoms. The predicted octanol–water partition coefficient (Wildman–Crippen LogP) is 3.64. The fraction of sp³-hybridized carbons (Fsp3) is 0.423. The van der Waals surface area contributed by atoms with Crippen molar-refractivity contribution in [1.82, 2.24) is 10.2 Å². The van der Waals surface area contributed by atoms with Gasteiger partial charge in [0.05, 0.1) is 0 Å². The summed E-state index contributed by atoms with van der Waals surface area (Å²) in [5, 5.41) is 11.8. The molecule has 1 aliphatic rings. The van der Waals surface area contributed by atoms with E-state index in [1.54, 1.807) is 20.8 Å². The summed E-state index contributed by atoms with van der Waals surface area (Å²) in [6.07, 6.45) is -1.28. The molecule has 0 heterocycles. The number of amides is 2. The van der Waals surface area contributed by atoms with Crippen molar-refractivity contribution in [1.29, 1.82) is 0 Å². The van der Waals surface area contributed by atoms with Crippen LogP contribution in [0.1, 0.15) is 44.2 Å². The molecule has 0 saturated heterocycles. The highest BCUT2D eigenvalue weighted by Gasteiger charge is 2.33. The van der Waals surface area contributed by atoms with Crippen LogP contribution in [0.3, 0.4) is 0 Å². The highest BCUT2D eigenvalue weighted by Crippen LogP contribution is 2.44. The van der Waals surface area contributed by atoms with E-state index in [2.05, 4.69) is 17.4 Å². The Morgan fingerprint density at radius 3 is 2.09 bits per heavy atom. The Morgan fingerprint density at radius 2 is 1.59 bits per heavy atom. The fourth-order valence-electron chi connectivity index (χ4n) is 4.25. The minimum Gasteiger partial charge on any atom is -0.480 e. The number of hydrogen-bond acceptors (Lipinski definition) is 5. The summed E-state index contributed by atoms with van der Waals surface area (Å²) in [5.74, 6) is -1.58.